The number of hydrogen-bond donors (Lipinski definition) is 1. The van der Waals surface area contributed by atoms with E-state index in [1.807, 2.05) is 13.8 Å². The number of carbonyl (C=O) groups is 2. The number of Topliss-reactive ketones (excluding diaryl/α,β-unsaturated/α-hetero) is 1. The number of halogens is 1. The zero-order chi connectivity index (χ0) is 26.7. The molecule has 4 rings (SSSR count). The maximum absolute atomic E-state index is 13.3. The lowest BCUT2D eigenvalue weighted by molar-refractivity contribution is -0.384. The molecule has 0 spiro atoms. The first-order valence-corrected chi connectivity index (χ1v) is 11.7. The molecule has 37 heavy (non-hydrogen) atoms. The summed E-state index contributed by atoms with van der Waals surface area (Å²) in [5.74, 6) is -1.98. The van der Waals surface area contributed by atoms with E-state index in [2.05, 4.69) is 0 Å². The molecule has 3 aromatic carbocycles. The summed E-state index contributed by atoms with van der Waals surface area (Å²) in [7, 11) is 0. The first-order valence-electron chi connectivity index (χ1n) is 11.7. The highest BCUT2D eigenvalue weighted by molar-refractivity contribution is 6.46. The van der Waals surface area contributed by atoms with Gasteiger partial charge in [0, 0.05) is 24.2 Å². The highest BCUT2D eigenvalue weighted by Crippen LogP contribution is 2.40. The molecule has 1 amide bonds. The average molecular weight is 505 g/mol. The van der Waals surface area contributed by atoms with Crippen LogP contribution in [0.5, 0.6) is 5.75 Å². The van der Waals surface area contributed by atoms with Gasteiger partial charge in [-0.05, 0) is 55.7 Å². The Kier molecular flexibility index (Phi) is 7.33. The lowest BCUT2D eigenvalue weighted by atomic mass is 9.95. The maximum Gasteiger partial charge on any atom is 0.295 e. The number of ketones is 1. The molecule has 1 aliphatic rings. The Morgan fingerprint density at radius 3 is 2.38 bits per heavy atom. The number of nitro groups is 1. The summed E-state index contributed by atoms with van der Waals surface area (Å²) in [6.07, 6.45) is 0.288. The van der Waals surface area contributed by atoms with E-state index in [1.165, 1.54) is 35.2 Å². The summed E-state index contributed by atoms with van der Waals surface area (Å²) in [6.45, 7) is 3.89. The molecule has 1 fully saturated rings. The van der Waals surface area contributed by atoms with E-state index in [4.69, 9.17) is 4.74 Å². The fourth-order valence-corrected chi connectivity index (χ4v) is 4.28. The second-order valence-corrected chi connectivity index (χ2v) is 8.91. The van der Waals surface area contributed by atoms with Crippen LogP contribution in [0.2, 0.25) is 0 Å². The molecule has 1 aliphatic heterocycles. The van der Waals surface area contributed by atoms with Crippen LogP contribution in [0.3, 0.4) is 0 Å². The molecule has 1 saturated heterocycles. The van der Waals surface area contributed by atoms with Crippen molar-refractivity contribution >= 4 is 23.1 Å². The molecule has 0 bridgehead atoms. The number of non-ortho nitro benzene ring substituents is 1. The van der Waals surface area contributed by atoms with Gasteiger partial charge < -0.3 is 14.7 Å². The van der Waals surface area contributed by atoms with Crippen molar-refractivity contribution in [2.45, 2.75) is 32.4 Å². The summed E-state index contributed by atoms with van der Waals surface area (Å²) in [5.41, 5.74) is 0.946. The van der Waals surface area contributed by atoms with Gasteiger partial charge in [-0.1, -0.05) is 36.4 Å². The quantitative estimate of drug-likeness (QED) is 0.149. The third kappa shape index (κ3) is 5.50. The SMILES string of the molecule is CC(C)Oc1ccc(C2/C(=C(/O)c3cccc([N+](=O)[O-])c3)C(=O)C(=O)N2CCc2ccc(F)cc2)cc1. The molecule has 9 heteroatoms. The largest absolute Gasteiger partial charge is 0.507 e. The van der Waals surface area contributed by atoms with Gasteiger partial charge in [0.05, 0.1) is 22.6 Å². The van der Waals surface area contributed by atoms with Gasteiger partial charge in [0.2, 0.25) is 0 Å². The predicted octanol–water partition coefficient (Wildman–Crippen LogP) is 5.19. The number of nitrogens with zero attached hydrogens (tertiary/aromatic N) is 2. The minimum Gasteiger partial charge on any atom is -0.507 e. The Morgan fingerprint density at radius 2 is 1.76 bits per heavy atom. The van der Waals surface area contributed by atoms with Gasteiger partial charge in [0.15, 0.2) is 0 Å². The van der Waals surface area contributed by atoms with Crippen molar-refractivity contribution < 1.29 is 28.7 Å². The van der Waals surface area contributed by atoms with E-state index in [0.717, 1.165) is 11.6 Å². The van der Waals surface area contributed by atoms with Crippen molar-refractivity contribution in [2.75, 3.05) is 6.54 Å². The lowest BCUT2D eigenvalue weighted by Gasteiger charge is -2.25. The predicted molar refractivity (Wildman–Crippen MR) is 134 cm³/mol. The van der Waals surface area contributed by atoms with Gasteiger partial charge in [-0.2, -0.15) is 0 Å². The van der Waals surface area contributed by atoms with Gasteiger partial charge in [-0.3, -0.25) is 19.7 Å². The molecule has 0 aliphatic carbocycles. The van der Waals surface area contributed by atoms with Crippen molar-refractivity contribution in [1.82, 2.24) is 4.90 Å². The molecule has 0 radical (unpaired) electrons. The van der Waals surface area contributed by atoms with Gasteiger partial charge in [-0.15, -0.1) is 0 Å². The Balaban J connectivity index is 1.77. The number of benzene rings is 3. The number of nitro benzene ring substituents is 1. The number of hydrogen-bond acceptors (Lipinski definition) is 6. The molecule has 1 N–H and O–H groups in total. The number of likely N-dealkylation sites (tertiary alicyclic amines) is 1. The van der Waals surface area contributed by atoms with Crippen LogP contribution < -0.4 is 4.74 Å². The smallest absolute Gasteiger partial charge is 0.295 e. The van der Waals surface area contributed by atoms with Crippen molar-refractivity contribution in [3.8, 4) is 5.75 Å². The summed E-state index contributed by atoms with van der Waals surface area (Å²) in [6, 6.07) is 17.0. The number of carbonyl (C=O) groups excluding carboxylic acids is 2. The minimum absolute atomic E-state index is 0.0514. The molecule has 0 aromatic heterocycles. The summed E-state index contributed by atoms with van der Waals surface area (Å²) < 4.78 is 19.0. The number of ether oxygens (including phenoxy) is 1. The van der Waals surface area contributed by atoms with Crippen molar-refractivity contribution in [1.29, 1.82) is 0 Å². The third-order valence-corrected chi connectivity index (χ3v) is 5.99. The normalized spacial score (nSPS) is 16.9. The van der Waals surface area contributed by atoms with Gasteiger partial charge in [-0.25, -0.2) is 4.39 Å². The summed E-state index contributed by atoms with van der Waals surface area (Å²) in [4.78, 5) is 38.3. The Labute approximate surface area is 212 Å². The molecule has 1 heterocycles. The van der Waals surface area contributed by atoms with E-state index in [0.29, 0.717) is 17.7 Å². The van der Waals surface area contributed by atoms with E-state index in [9.17, 15) is 29.2 Å². The van der Waals surface area contributed by atoms with Gasteiger partial charge >= 0.3 is 0 Å². The maximum atomic E-state index is 13.3. The standard InChI is InChI=1S/C28H25FN2O6/c1-17(2)37-23-12-8-19(9-13-23)25-24(26(32)20-4-3-5-22(16-20)31(35)36)27(33)28(34)30(25)15-14-18-6-10-21(29)11-7-18/h3-13,16-17,25,32H,14-15H2,1-2H3/b26-24-. The van der Waals surface area contributed by atoms with Crippen LogP contribution >= 0.6 is 0 Å². The highest BCUT2D eigenvalue weighted by Gasteiger charge is 2.46. The molecule has 3 aromatic rings. The Hall–Kier alpha value is -4.53. The molecule has 190 valence electrons. The fourth-order valence-electron chi connectivity index (χ4n) is 4.28. The molecule has 1 unspecified atom stereocenters. The third-order valence-electron chi connectivity index (χ3n) is 5.99. The topological polar surface area (TPSA) is 110 Å². The van der Waals surface area contributed by atoms with Crippen LogP contribution in [0.1, 0.15) is 36.6 Å². The number of rotatable bonds is 8. The zero-order valence-corrected chi connectivity index (χ0v) is 20.3. The lowest BCUT2D eigenvalue weighted by Crippen LogP contribution is -2.31. The number of aliphatic hydroxyl groups is 1. The van der Waals surface area contributed by atoms with Crippen molar-refractivity contribution in [3.05, 3.63) is 111 Å². The second-order valence-electron chi connectivity index (χ2n) is 8.91. The van der Waals surface area contributed by atoms with Crippen LogP contribution in [-0.2, 0) is 16.0 Å². The van der Waals surface area contributed by atoms with Crippen LogP contribution in [0.15, 0.2) is 78.4 Å². The molecule has 1 atom stereocenters. The van der Waals surface area contributed by atoms with Crippen molar-refractivity contribution in [3.63, 3.8) is 0 Å². The first-order chi connectivity index (χ1) is 17.7. The minimum atomic E-state index is -0.937. The van der Waals surface area contributed by atoms with E-state index in [-0.39, 0.29) is 35.3 Å². The monoisotopic (exact) mass is 504 g/mol. The van der Waals surface area contributed by atoms with Crippen LogP contribution in [0.4, 0.5) is 10.1 Å². The highest BCUT2D eigenvalue weighted by atomic mass is 19.1. The van der Waals surface area contributed by atoms with Gasteiger partial charge in [0.1, 0.15) is 17.3 Å². The van der Waals surface area contributed by atoms with Crippen LogP contribution in [-0.4, -0.2) is 39.3 Å². The fraction of sp³-hybridized carbons (Fsp3) is 0.214. The van der Waals surface area contributed by atoms with Crippen LogP contribution in [0.25, 0.3) is 5.76 Å². The summed E-state index contributed by atoms with van der Waals surface area (Å²) >= 11 is 0. The number of amides is 1. The van der Waals surface area contributed by atoms with E-state index < -0.39 is 28.4 Å². The second kappa shape index (κ2) is 10.6. The zero-order valence-electron chi connectivity index (χ0n) is 20.3. The van der Waals surface area contributed by atoms with E-state index in [1.54, 1.807) is 36.4 Å². The molecular weight excluding hydrogens is 479 g/mol. The first kappa shape index (κ1) is 25.6. The Morgan fingerprint density at radius 1 is 1.08 bits per heavy atom. The molecule has 8 nitrogen and oxygen atoms in total. The van der Waals surface area contributed by atoms with Gasteiger partial charge in [0.25, 0.3) is 17.4 Å². The number of aliphatic hydroxyl groups excluding tert-OH is 1. The van der Waals surface area contributed by atoms with E-state index >= 15 is 0 Å². The van der Waals surface area contributed by atoms with Crippen molar-refractivity contribution in [2.24, 2.45) is 0 Å². The Bertz CT molecular complexity index is 1370. The van der Waals surface area contributed by atoms with Crippen LogP contribution in [0, 0.1) is 15.9 Å². The molecule has 0 saturated carbocycles. The average Bonchev–Trinajstić information content (AvgIpc) is 3.13. The summed E-state index contributed by atoms with van der Waals surface area (Å²) in [5, 5.41) is 22.4. The molecular formula is C28H25FN2O6.